The second kappa shape index (κ2) is 12.6. The lowest BCUT2D eigenvalue weighted by molar-refractivity contribution is 0.666. The van der Waals surface area contributed by atoms with E-state index in [1.807, 2.05) is 0 Å². The molecule has 244 valence electrons. The molecule has 0 heterocycles. The SMILES string of the molecule is CC1(C)c2cc(N(c3ccc(-c4ccccc4)cc3)c3ccccc3Cc3ccccc3)ccc2-c2cc(-c3ccccc3)c3ccccc3c21. The van der Waals surface area contributed by atoms with E-state index in [2.05, 4.69) is 207 Å². The van der Waals surface area contributed by atoms with Gasteiger partial charge < -0.3 is 4.90 Å². The molecule has 0 aromatic heterocycles. The van der Waals surface area contributed by atoms with Crippen LogP contribution in [0.25, 0.3) is 44.2 Å². The van der Waals surface area contributed by atoms with Crippen molar-refractivity contribution in [3.05, 3.63) is 210 Å². The Morgan fingerprint density at radius 2 is 1.00 bits per heavy atom. The summed E-state index contributed by atoms with van der Waals surface area (Å²) in [5.74, 6) is 0. The van der Waals surface area contributed by atoms with E-state index < -0.39 is 0 Å². The first kappa shape index (κ1) is 30.8. The lowest BCUT2D eigenvalue weighted by atomic mass is 9.79. The van der Waals surface area contributed by atoms with Crippen molar-refractivity contribution in [2.24, 2.45) is 0 Å². The topological polar surface area (TPSA) is 3.24 Å². The Kier molecular flexibility index (Phi) is 7.63. The van der Waals surface area contributed by atoms with Crippen molar-refractivity contribution in [1.82, 2.24) is 0 Å². The quantitative estimate of drug-likeness (QED) is 0.165. The summed E-state index contributed by atoms with van der Waals surface area (Å²) < 4.78 is 0. The Labute approximate surface area is 301 Å². The molecule has 51 heavy (non-hydrogen) atoms. The minimum absolute atomic E-state index is 0.193. The molecule has 0 amide bonds. The van der Waals surface area contributed by atoms with Gasteiger partial charge in [-0.2, -0.15) is 0 Å². The zero-order chi connectivity index (χ0) is 34.4. The van der Waals surface area contributed by atoms with Gasteiger partial charge in [0, 0.05) is 22.5 Å². The molecular weight excluding hydrogens is 615 g/mol. The highest BCUT2D eigenvalue weighted by molar-refractivity contribution is 6.06. The standard InChI is InChI=1S/C50H39N/c1-50(2)47-33-41(30-31-43(47)46-34-45(38-20-10-5-11-21-38)42-23-13-14-24-44(42)49(46)50)51(40-28-26-37(27-29-40)36-18-8-4-9-19-36)48-25-15-12-22-39(48)32-35-16-6-3-7-17-35/h3-31,33-34H,32H2,1-2H3. The molecule has 1 aliphatic carbocycles. The maximum absolute atomic E-state index is 2.46. The number of para-hydroxylation sites is 1. The van der Waals surface area contributed by atoms with Crippen molar-refractivity contribution in [3.8, 4) is 33.4 Å². The molecule has 1 aliphatic rings. The van der Waals surface area contributed by atoms with Crippen LogP contribution in [0, 0.1) is 0 Å². The number of anilines is 3. The van der Waals surface area contributed by atoms with Crippen LogP contribution < -0.4 is 4.90 Å². The molecule has 1 nitrogen and oxygen atoms in total. The summed E-state index contributed by atoms with van der Waals surface area (Å²) in [5.41, 5.74) is 16.3. The zero-order valence-electron chi connectivity index (χ0n) is 29.1. The summed E-state index contributed by atoms with van der Waals surface area (Å²) in [4.78, 5) is 2.46. The van der Waals surface area contributed by atoms with Gasteiger partial charge in [-0.05, 0) is 109 Å². The van der Waals surface area contributed by atoms with Crippen LogP contribution >= 0.6 is 0 Å². The van der Waals surface area contributed by atoms with Crippen LogP contribution in [0.4, 0.5) is 17.1 Å². The summed E-state index contributed by atoms with van der Waals surface area (Å²) in [5, 5.41) is 2.64. The molecule has 0 spiro atoms. The van der Waals surface area contributed by atoms with Crippen molar-refractivity contribution < 1.29 is 0 Å². The molecule has 8 aromatic carbocycles. The van der Waals surface area contributed by atoms with E-state index in [4.69, 9.17) is 0 Å². The molecule has 0 saturated heterocycles. The zero-order valence-corrected chi connectivity index (χ0v) is 29.1. The van der Waals surface area contributed by atoms with Gasteiger partial charge in [0.1, 0.15) is 0 Å². The first-order valence-electron chi connectivity index (χ1n) is 17.9. The highest BCUT2D eigenvalue weighted by atomic mass is 15.1. The van der Waals surface area contributed by atoms with Gasteiger partial charge in [0.05, 0.1) is 0 Å². The Morgan fingerprint density at radius 3 is 1.73 bits per heavy atom. The number of nitrogens with zero attached hydrogens (tertiary/aromatic N) is 1. The van der Waals surface area contributed by atoms with Gasteiger partial charge in [-0.1, -0.05) is 166 Å². The fourth-order valence-corrected chi connectivity index (χ4v) is 8.23. The third-order valence-electron chi connectivity index (χ3n) is 10.7. The predicted molar refractivity (Wildman–Crippen MR) is 216 cm³/mol. The van der Waals surface area contributed by atoms with E-state index >= 15 is 0 Å². The number of hydrogen-bond donors (Lipinski definition) is 0. The highest BCUT2D eigenvalue weighted by Gasteiger charge is 2.38. The van der Waals surface area contributed by atoms with Crippen LogP contribution in [-0.4, -0.2) is 0 Å². The maximum atomic E-state index is 2.46. The molecule has 0 bridgehead atoms. The summed E-state index contributed by atoms with van der Waals surface area (Å²) in [6.07, 6.45) is 0.853. The minimum Gasteiger partial charge on any atom is -0.310 e. The molecule has 0 N–H and O–H groups in total. The summed E-state index contributed by atoms with van der Waals surface area (Å²) in [6, 6.07) is 68.7. The lowest BCUT2D eigenvalue weighted by Gasteiger charge is -2.30. The molecule has 0 aliphatic heterocycles. The van der Waals surface area contributed by atoms with E-state index in [1.165, 1.54) is 72.1 Å². The second-order valence-corrected chi connectivity index (χ2v) is 14.2. The first-order chi connectivity index (χ1) is 25.1. The van der Waals surface area contributed by atoms with Gasteiger partial charge in [-0.3, -0.25) is 0 Å². The van der Waals surface area contributed by atoms with Gasteiger partial charge in [-0.25, -0.2) is 0 Å². The van der Waals surface area contributed by atoms with Crippen molar-refractivity contribution in [3.63, 3.8) is 0 Å². The highest BCUT2D eigenvalue weighted by Crippen LogP contribution is 2.54. The number of rotatable bonds is 7. The van der Waals surface area contributed by atoms with E-state index in [9.17, 15) is 0 Å². The fraction of sp³-hybridized carbons (Fsp3) is 0.0800. The summed E-state index contributed by atoms with van der Waals surface area (Å²) in [6.45, 7) is 4.80. The molecular formula is C50H39N. The lowest BCUT2D eigenvalue weighted by Crippen LogP contribution is -2.17. The average Bonchev–Trinajstić information content (AvgIpc) is 3.42. The number of hydrogen-bond acceptors (Lipinski definition) is 1. The Bertz CT molecular complexity index is 2500. The molecule has 0 atom stereocenters. The fourth-order valence-electron chi connectivity index (χ4n) is 8.23. The van der Waals surface area contributed by atoms with E-state index in [0.29, 0.717) is 0 Å². The van der Waals surface area contributed by atoms with Gasteiger partial charge in [-0.15, -0.1) is 0 Å². The minimum atomic E-state index is -0.193. The van der Waals surface area contributed by atoms with Crippen LogP contribution in [0.5, 0.6) is 0 Å². The van der Waals surface area contributed by atoms with Crippen molar-refractivity contribution in [2.75, 3.05) is 4.90 Å². The normalized spacial score (nSPS) is 12.7. The van der Waals surface area contributed by atoms with Gasteiger partial charge in [0.25, 0.3) is 0 Å². The van der Waals surface area contributed by atoms with Crippen molar-refractivity contribution in [1.29, 1.82) is 0 Å². The molecule has 9 rings (SSSR count). The molecule has 0 saturated carbocycles. The first-order valence-corrected chi connectivity index (χ1v) is 17.9. The van der Waals surface area contributed by atoms with E-state index in [1.54, 1.807) is 0 Å². The Morgan fingerprint density at radius 1 is 0.431 bits per heavy atom. The smallest absolute Gasteiger partial charge is 0.0496 e. The third kappa shape index (κ3) is 5.43. The van der Waals surface area contributed by atoms with Crippen LogP contribution in [0.3, 0.4) is 0 Å². The van der Waals surface area contributed by atoms with Crippen LogP contribution in [0.2, 0.25) is 0 Å². The molecule has 1 heteroatoms. The Balaban J connectivity index is 1.22. The molecule has 0 fully saturated rings. The molecule has 8 aromatic rings. The Hall–Kier alpha value is -6.18. The van der Waals surface area contributed by atoms with E-state index in [-0.39, 0.29) is 5.41 Å². The van der Waals surface area contributed by atoms with Gasteiger partial charge in [0.15, 0.2) is 0 Å². The van der Waals surface area contributed by atoms with Crippen molar-refractivity contribution >= 4 is 27.8 Å². The molecule has 0 radical (unpaired) electrons. The number of benzene rings is 8. The number of fused-ring (bicyclic) bond motifs is 5. The van der Waals surface area contributed by atoms with Gasteiger partial charge >= 0.3 is 0 Å². The van der Waals surface area contributed by atoms with Crippen molar-refractivity contribution in [2.45, 2.75) is 25.7 Å². The van der Waals surface area contributed by atoms with Crippen LogP contribution in [0.1, 0.15) is 36.1 Å². The summed E-state index contributed by atoms with van der Waals surface area (Å²) >= 11 is 0. The largest absolute Gasteiger partial charge is 0.310 e. The summed E-state index contributed by atoms with van der Waals surface area (Å²) in [7, 11) is 0. The molecule has 0 unspecified atom stereocenters. The monoisotopic (exact) mass is 653 g/mol. The average molecular weight is 654 g/mol. The maximum Gasteiger partial charge on any atom is 0.0496 e. The van der Waals surface area contributed by atoms with Crippen LogP contribution in [0.15, 0.2) is 188 Å². The van der Waals surface area contributed by atoms with E-state index in [0.717, 1.165) is 17.8 Å². The van der Waals surface area contributed by atoms with Gasteiger partial charge in [0.2, 0.25) is 0 Å². The third-order valence-corrected chi connectivity index (χ3v) is 10.7. The predicted octanol–water partition coefficient (Wildman–Crippen LogP) is 13.5. The van der Waals surface area contributed by atoms with Crippen LogP contribution in [-0.2, 0) is 11.8 Å². The second-order valence-electron chi connectivity index (χ2n) is 14.2.